The van der Waals surface area contributed by atoms with Gasteiger partial charge in [-0.2, -0.15) is 5.10 Å². The quantitative estimate of drug-likeness (QED) is 0.873. The number of benzene rings is 1. The maximum absolute atomic E-state index is 13.8. The third kappa shape index (κ3) is 3.86. The second kappa shape index (κ2) is 6.49. The van der Waals surface area contributed by atoms with Crippen molar-refractivity contribution >= 4 is 10.0 Å². The predicted molar refractivity (Wildman–Crippen MR) is 75.5 cm³/mol. The van der Waals surface area contributed by atoms with Gasteiger partial charge in [0.2, 0.25) is 10.0 Å². The lowest BCUT2D eigenvalue weighted by atomic mass is 10.2. The number of aryl methyl sites for hydroxylation is 2. The molecule has 1 aromatic carbocycles. The highest BCUT2D eigenvalue weighted by Gasteiger charge is 2.23. The summed E-state index contributed by atoms with van der Waals surface area (Å²) < 4.78 is 55.4. The Labute approximate surface area is 127 Å². The van der Waals surface area contributed by atoms with Gasteiger partial charge in [-0.1, -0.05) is 0 Å². The maximum Gasteiger partial charge on any atom is 0.243 e. The maximum atomic E-state index is 13.8. The van der Waals surface area contributed by atoms with Crippen LogP contribution in [0.2, 0.25) is 0 Å². The number of hydrogen-bond acceptors (Lipinski definition) is 4. The van der Waals surface area contributed by atoms with Crippen LogP contribution >= 0.6 is 0 Å². The number of aromatic nitrogens is 3. The van der Waals surface area contributed by atoms with E-state index in [9.17, 15) is 17.2 Å². The molecule has 0 aliphatic heterocycles. The van der Waals surface area contributed by atoms with Gasteiger partial charge in [-0.3, -0.25) is 4.68 Å². The van der Waals surface area contributed by atoms with E-state index in [1.165, 1.54) is 19.6 Å². The third-order valence-electron chi connectivity index (χ3n) is 3.12. The molecule has 0 saturated carbocycles. The van der Waals surface area contributed by atoms with E-state index in [2.05, 4.69) is 14.8 Å². The van der Waals surface area contributed by atoms with E-state index >= 15 is 0 Å². The Kier molecular flexibility index (Phi) is 4.87. The van der Waals surface area contributed by atoms with Crippen LogP contribution in [0.1, 0.15) is 18.9 Å². The number of nitrogens with zero attached hydrogens (tertiary/aromatic N) is 3. The molecule has 1 heterocycles. The van der Waals surface area contributed by atoms with Crippen molar-refractivity contribution in [1.82, 2.24) is 19.5 Å². The Morgan fingerprint density at radius 3 is 2.68 bits per heavy atom. The van der Waals surface area contributed by atoms with Gasteiger partial charge < -0.3 is 0 Å². The lowest BCUT2D eigenvalue weighted by Gasteiger charge is -2.15. The first-order chi connectivity index (χ1) is 10.3. The highest BCUT2D eigenvalue weighted by molar-refractivity contribution is 7.89. The minimum absolute atomic E-state index is 0.0516. The zero-order valence-electron chi connectivity index (χ0n) is 12.1. The minimum Gasteiger partial charge on any atom is -0.253 e. The summed E-state index contributed by atoms with van der Waals surface area (Å²) in [5.41, 5.74) is 0.0516. The van der Waals surface area contributed by atoms with Crippen LogP contribution < -0.4 is 4.72 Å². The van der Waals surface area contributed by atoms with E-state index in [-0.39, 0.29) is 5.56 Å². The van der Waals surface area contributed by atoms with Crippen LogP contribution in [0.15, 0.2) is 29.7 Å². The molecule has 0 saturated heterocycles. The van der Waals surface area contributed by atoms with E-state index in [0.717, 1.165) is 6.07 Å². The summed E-state index contributed by atoms with van der Waals surface area (Å²) in [7, 11) is -4.13. The molecule has 0 aliphatic carbocycles. The lowest BCUT2D eigenvalue weighted by Crippen LogP contribution is -2.34. The van der Waals surface area contributed by atoms with Crippen LogP contribution in [0.3, 0.4) is 0 Å². The fourth-order valence-electron chi connectivity index (χ4n) is 1.90. The molecule has 2 aromatic rings. The molecule has 2 rings (SSSR count). The van der Waals surface area contributed by atoms with Crippen molar-refractivity contribution in [1.29, 1.82) is 0 Å². The summed E-state index contributed by atoms with van der Waals surface area (Å²) in [6.07, 6.45) is 3.31. The highest BCUT2D eigenvalue weighted by Crippen LogP contribution is 2.19. The molecule has 9 heteroatoms. The number of nitrogens with one attached hydrogen (secondary N) is 1. The normalized spacial score (nSPS) is 13.3. The Morgan fingerprint density at radius 2 is 2.05 bits per heavy atom. The molecule has 0 fully saturated rings. The Bertz CT molecular complexity index is 748. The van der Waals surface area contributed by atoms with Gasteiger partial charge in [0.05, 0.1) is 0 Å². The van der Waals surface area contributed by atoms with E-state index in [1.54, 1.807) is 11.6 Å². The van der Waals surface area contributed by atoms with Crippen LogP contribution in [-0.4, -0.2) is 29.2 Å². The third-order valence-corrected chi connectivity index (χ3v) is 4.72. The molecule has 1 unspecified atom stereocenters. The molecular formula is C13H16F2N4O2S. The molecule has 6 nitrogen and oxygen atoms in total. The van der Waals surface area contributed by atoms with Crippen LogP contribution in [-0.2, 0) is 16.6 Å². The van der Waals surface area contributed by atoms with Gasteiger partial charge in [-0.05, 0) is 38.0 Å². The summed E-state index contributed by atoms with van der Waals surface area (Å²) in [4.78, 5) is 3.08. The lowest BCUT2D eigenvalue weighted by molar-refractivity contribution is 0.490. The molecule has 1 atom stereocenters. The summed E-state index contributed by atoms with van der Waals surface area (Å²) in [6.45, 7) is 3.45. The number of rotatable bonds is 6. The van der Waals surface area contributed by atoms with Crippen LogP contribution in [0.4, 0.5) is 8.78 Å². The fourth-order valence-corrected chi connectivity index (χ4v) is 3.24. The Hall–Kier alpha value is -1.87. The van der Waals surface area contributed by atoms with Crippen LogP contribution in [0, 0.1) is 18.6 Å². The van der Waals surface area contributed by atoms with Gasteiger partial charge in [-0.25, -0.2) is 26.9 Å². The molecule has 1 N–H and O–H groups in total. The van der Waals surface area contributed by atoms with E-state index in [0.29, 0.717) is 19.0 Å². The van der Waals surface area contributed by atoms with Gasteiger partial charge in [0.15, 0.2) is 0 Å². The first kappa shape index (κ1) is 16.5. The number of hydrogen-bond donors (Lipinski definition) is 1. The minimum atomic E-state index is -4.13. The molecule has 1 aromatic heterocycles. The molecule has 0 amide bonds. The molecule has 120 valence electrons. The average Bonchev–Trinajstić information content (AvgIpc) is 2.93. The molecule has 0 spiro atoms. The smallest absolute Gasteiger partial charge is 0.243 e. The van der Waals surface area contributed by atoms with Crippen molar-refractivity contribution in [2.75, 3.05) is 0 Å². The zero-order chi connectivity index (χ0) is 16.3. The summed E-state index contributed by atoms with van der Waals surface area (Å²) in [5.74, 6) is -1.74. The molecular weight excluding hydrogens is 314 g/mol. The Balaban J connectivity index is 2.08. The van der Waals surface area contributed by atoms with Crippen LogP contribution in [0.25, 0.3) is 0 Å². The highest BCUT2D eigenvalue weighted by atomic mass is 32.2. The first-order valence-corrected chi connectivity index (χ1v) is 8.08. The van der Waals surface area contributed by atoms with Gasteiger partial charge >= 0.3 is 0 Å². The topological polar surface area (TPSA) is 76.9 Å². The van der Waals surface area contributed by atoms with E-state index < -0.39 is 32.6 Å². The Morgan fingerprint density at radius 1 is 1.32 bits per heavy atom. The average molecular weight is 330 g/mol. The standard InChI is InChI=1S/C13H16F2N4O2S/c1-9-5-12(15)13(6-11(9)14)22(20,21)18-10(2)3-4-19-8-16-7-17-19/h5-8,10,18H,3-4H2,1-2H3. The van der Waals surface area contributed by atoms with E-state index in [1.807, 2.05) is 0 Å². The molecule has 22 heavy (non-hydrogen) atoms. The van der Waals surface area contributed by atoms with Crippen molar-refractivity contribution in [3.63, 3.8) is 0 Å². The molecule has 0 bridgehead atoms. The zero-order valence-corrected chi connectivity index (χ0v) is 12.9. The second-order valence-electron chi connectivity index (χ2n) is 5.00. The summed E-state index contributed by atoms with van der Waals surface area (Å²) in [5, 5.41) is 3.90. The van der Waals surface area contributed by atoms with Gasteiger partial charge in [0, 0.05) is 12.6 Å². The summed E-state index contributed by atoms with van der Waals surface area (Å²) >= 11 is 0. The van der Waals surface area contributed by atoms with Crippen molar-refractivity contribution in [2.24, 2.45) is 0 Å². The van der Waals surface area contributed by atoms with Gasteiger partial charge in [-0.15, -0.1) is 0 Å². The monoisotopic (exact) mass is 330 g/mol. The van der Waals surface area contributed by atoms with Crippen LogP contribution in [0.5, 0.6) is 0 Å². The first-order valence-electron chi connectivity index (χ1n) is 6.60. The van der Waals surface area contributed by atoms with Gasteiger partial charge in [0.25, 0.3) is 0 Å². The van der Waals surface area contributed by atoms with Crippen molar-refractivity contribution < 1.29 is 17.2 Å². The second-order valence-corrected chi connectivity index (χ2v) is 6.68. The number of sulfonamides is 1. The van der Waals surface area contributed by atoms with Crippen molar-refractivity contribution in [2.45, 2.75) is 37.8 Å². The fraction of sp³-hybridized carbons (Fsp3) is 0.385. The largest absolute Gasteiger partial charge is 0.253 e. The van der Waals surface area contributed by atoms with Gasteiger partial charge in [0.1, 0.15) is 29.2 Å². The summed E-state index contributed by atoms with van der Waals surface area (Å²) in [6, 6.07) is 1.08. The van der Waals surface area contributed by atoms with Crippen molar-refractivity contribution in [3.8, 4) is 0 Å². The number of halogens is 2. The predicted octanol–water partition coefficient (Wildman–Crippen LogP) is 1.62. The molecule has 0 radical (unpaired) electrons. The van der Waals surface area contributed by atoms with Crippen molar-refractivity contribution in [3.05, 3.63) is 42.0 Å². The SMILES string of the molecule is Cc1cc(F)c(S(=O)(=O)NC(C)CCn2cncn2)cc1F. The molecule has 0 aliphatic rings. The van der Waals surface area contributed by atoms with E-state index in [4.69, 9.17) is 0 Å².